The first-order chi connectivity index (χ1) is 13.7. The number of benzene rings is 1. The summed E-state index contributed by atoms with van der Waals surface area (Å²) in [5.41, 5.74) is 2.22. The van der Waals surface area contributed by atoms with Gasteiger partial charge in [-0.3, -0.25) is 14.8 Å². The predicted octanol–water partition coefficient (Wildman–Crippen LogP) is 2.88. The molecule has 3 aromatic rings. The smallest absolute Gasteiger partial charge is 0.231 e. The molecule has 6 nitrogen and oxygen atoms in total. The SMILES string of the molecule is CN1CCC(C(=O)NCc2csc(-c3cnccn3)n2)(c2ccccc2)CC1. The number of amides is 1. The zero-order chi connectivity index (χ0) is 19.4. The molecular weight excluding hydrogens is 370 g/mol. The second kappa shape index (κ2) is 8.16. The molecule has 0 saturated carbocycles. The average molecular weight is 394 g/mol. The van der Waals surface area contributed by atoms with E-state index in [4.69, 9.17) is 0 Å². The van der Waals surface area contributed by atoms with Gasteiger partial charge >= 0.3 is 0 Å². The van der Waals surface area contributed by atoms with E-state index in [1.807, 2.05) is 23.6 Å². The van der Waals surface area contributed by atoms with Crippen LogP contribution in [0.5, 0.6) is 0 Å². The molecule has 2 aromatic heterocycles. The maximum absolute atomic E-state index is 13.3. The lowest BCUT2D eigenvalue weighted by Crippen LogP contribution is -2.50. The maximum Gasteiger partial charge on any atom is 0.231 e. The van der Waals surface area contributed by atoms with Gasteiger partial charge in [0.05, 0.1) is 23.9 Å². The van der Waals surface area contributed by atoms with Gasteiger partial charge in [-0.1, -0.05) is 30.3 Å². The van der Waals surface area contributed by atoms with Crippen LogP contribution in [-0.2, 0) is 16.8 Å². The summed E-state index contributed by atoms with van der Waals surface area (Å²) in [5, 5.41) is 5.92. The van der Waals surface area contributed by atoms with E-state index < -0.39 is 5.41 Å². The van der Waals surface area contributed by atoms with Crippen molar-refractivity contribution < 1.29 is 4.79 Å². The van der Waals surface area contributed by atoms with Crippen LogP contribution in [0.4, 0.5) is 0 Å². The van der Waals surface area contributed by atoms with Crippen LogP contribution in [0.15, 0.2) is 54.3 Å². The first kappa shape index (κ1) is 18.7. The van der Waals surface area contributed by atoms with Crippen LogP contribution in [0, 0.1) is 0 Å². The first-order valence-electron chi connectivity index (χ1n) is 9.40. The highest BCUT2D eigenvalue weighted by Crippen LogP contribution is 2.35. The van der Waals surface area contributed by atoms with Crippen LogP contribution >= 0.6 is 11.3 Å². The Bertz CT molecular complexity index is 920. The van der Waals surface area contributed by atoms with Crippen molar-refractivity contribution in [2.24, 2.45) is 0 Å². The van der Waals surface area contributed by atoms with Gasteiger partial charge in [0.15, 0.2) is 0 Å². The lowest BCUT2D eigenvalue weighted by atomic mass is 9.72. The Morgan fingerprint density at radius 1 is 1.21 bits per heavy atom. The standard InChI is InChI=1S/C21H23N5OS/c1-26-11-7-21(8-12-26,16-5-3-2-4-6-16)20(27)24-13-17-15-28-19(25-17)18-14-22-9-10-23-18/h2-6,9-10,14-15H,7-8,11-13H2,1H3,(H,24,27). The molecule has 7 heteroatoms. The van der Waals surface area contributed by atoms with Crippen LogP contribution in [0.25, 0.3) is 10.7 Å². The van der Waals surface area contributed by atoms with Gasteiger partial charge in [-0.15, -0.1) is 11.3 Å². The summed E-state index contributed by atoms with van der Waals surface area (Å²) in [6.45, 7) is 2.24. The highest BCUT2D eigenvalue weighted by Gasteiger charge is 2.42. The molecule has 28 heavy (non-hydrogen) atoms. The topological polar surface area (TPSA) is 71.0 Å². The zero-order valence-electron chi connectivity index (χ0n) is 15.8. The van der Waals surface area contributed by atoms with E-state index in [0.29, 0.717) is 6.54 Å². The average Bonchev–Trinajstić information content (AvgIpc) is 3.23. The lowest BCUT2D eigenvalue weighted by molar-refractivity contribution is -0.128. The van der Waals surface area contributed by atoms with Gasteiger partial charge in [-0.25, -0.2) is 4.98 Å². The molecular formula is C21H23N5OS. The number of thiazole rings is 1. The molecule has 0 bridgehead atoms. The molecule has 1 saturated heterocycles. The molecule has 1 aromatic carbocycles. The molecule has 0 radical (unpaired) electrons. The molecule has 1 N–H and O–H groups in total. The van der Waals surface area contributed by atoms with Crippen molar-refractivity contribution in [2.75, 3.05) is 20.1 Å². The van der Waals surface area contributed by atoms with Gasteiger partial charge in [0.2, 0.25) is 5.91 Å². The van der Waals surface area contributed by atoms with Gasteiger partial charge in [0.1, 0.15) is 10.7 Å². The first-order valence-corrected chi connectivity index (χ1v) is 10.3. The Kier molecular flexibility index (Phi) is 5.45. The van der Waals surface area contributed by atoms with Gasteiger partial charge in [0, 0.05) is 17.8 Å². The van der Waals surface area contributed by atoms with E-state index in [0.717, 1.165) is 47.9 Å². The molecule has 3 heterocycles. The third-order valence-electron chi connectivity index (χ3n) is 5.37. The van der Waals surface area contributed by atoms with Gasteiger partial charge in [0.25, 0.3) is 0 Å². The van der Waals surface area contributed by atoms with Gasteiger partial charge in [-0.05, 0) is 38.5 Å². The fraction of sp³-hybridized carbons (Fsp3) is 0.333. The number of likely N-dealkylation sites (tertiary alicyclic amines) is 1. The van der Waals surface area contributed by atoms with Crippen LogP contribution in [-0.4, -0.2) is 45.9 Å². The van der Waals surface area contributed by atoms with Crippen molar-refractivity contribution in [1.82, 2.24) is 25.2 Å². The Morgan fingerprint density at radius 3 is 2.71 bits per heavy atom. The number of rotatable bonds is 5. The molecule has 0 spiro atoms. The van der Waals surface area contributed by atoms with E-state index in [9.17, 15) is 4.79 Å². The Hall–Kier alpha value is -2.64. The number of hydrogen-bond acceptors (Lipinski definition) is 6. The van der Waals surface area contributed by atoms with Crippen LogP contribution in [0.3, 0.4) is 0 Å². The number of carbonyl (C=O) groups is 1. The van der Waals surface area contributed by atoms with Crippen LogP contribution in [0.1, 0.15) is 24.1 Å². The van der Waals surface area contributed by atoms with Crippen molar-refractivity contribution in [3.05, 3.63) is 65.6 Å². The van der Waals surface area contributed by atoms with E-state index in [1.54, 1.807) is 18.6 Å². The number of hydrogen-bond donors (Lipinski definition) is 1. The van der Waals surface area contributed by atoms with Crippen molar-refractivity contribution >= 4 is 17.2 Å². The summed E-state index contributed by atoms with van der Waals surface area (Å²) in [6, 6.07) is 10.2. The molecule has 1 aliphatic rings. The normalized spacial score (nSPS) is 16.6. The molecule has 1 aliphatic heterocycles. The maximum atomic E-state index is 13.3. The molecule has 4 rings (SSSR count). The van der Waals surface area contributed by atoms with Crippen LogP contribution in [0.2, 0.25) is 0 Å². The number of nitrogens with one attached hydrogen (secondary N) is 1. The molecule has 1 amide bonds. The minimum absolute atomic E-state index is 0.0841. The predicted molar refractivity (Wildman–Crippen MR) is 110 cm³/mol. The number of nitrogens with zero attached hydrogens (tertiary/aromatic N) is 4. The summed E-state index contributed by atoms with van der Waals surface area (Å²) < 4.78 is 0. The summed E-state index contributed by atoms with van der Waals surface area (Å²) in [5.74, 6) is 0.0841. The minimum atomic E-state index is -0.475. The van der Waals surface area contributed by atoms with Crippen molar-refractivity contribution in [2.45, 2.75) is 24.8 Å². The second-order valence-corrected chi connectivity index (χ2v) is 8.03. The molecule has 144 valence electrons. The lowest BCUT2D eigenvalue weighted by Gasteiger charge is -2.39. The van der Waals surface area contributed by atoms with E-state index in [1.165, 1.54) is 11.3 Å². The zero-order valence-corrected chi connectivity index (χ0v) is 16.7. The minimum Gasteiger partial charge on any atom is -0.350 e. The van der Waals surface area contributed by atoms with E-state index in [2.05, 4.69) is 44.3 Å². The van der Waals surface area contributed by atoms with Gasteiger partial charge in [-0.2, -0.15) is 0 Å². The number of aromatic nitrogens is 3. The molecule has 0 atom stereocenters. The highest BCUT2D eigenvalue weighted by atomic mass is 32.1. The van der Waals surface area contributed by atoms with Crippen LogP contribution < -0.4 is 5.32 Å². The fourth-order valence-electron chi connectivity index (χ4n) is 3.66. The fourth-order valence-corrected chi connectivity index (χ4v) is 4.44. The highest BCUT2D eigenvalue weighted by molar-refractivity contribution is 7.13. The summed E-state index contributed by atoms with van der Waals surface area (Å²) in [4.78, 5) is 28.5. The Labute approximate surface area is 168 Å². The van der Waals surface area contributed by atoms with Crippen molar-refractivity contribution in [1.29, 1.82) is 0 Å². The number of piperidine rings is 1. The Balaban J connectivity index is 1.49. The van der Waals surface area contributed by atoms with E-state index in [-0.39, 0.29) is 5.91 Å². The molecule has 1 fully saturated rings. The van der Waals surface area contributed by atoms with E-state index >= 15 is 0 Å². The Morgan fingerprint density at radius 2 is 2.00 bits per heavy atom. The molecule has 0 unspecified atom stereocenters. The van der Waals surface area contributed by atoms with Crippen molar-refractivity contribution in [3.8, 4) is 10.7 Å². The van der Waals surface area contributed by atoms with Crippen molar-refractivity contribution in [3.63, 3.8) is 0 Å². The third kappa shape index (κ3) is 3.81. The van der Waals surface area contributed by atoms with Gasteiger partial charge < -0.3 is 10.2 Å². The molecule has 0 aliphatic carbocycles. The quantitative estimate of drug-likeness (QED) is 0.722. The third-order valence-corrected chi connectivity index (χ3v) is 6.28. The second-order valence-electron chi connectivity index (χ2n) is 7.17. The summed E-state index contributed by atoms with van der Waals surface area (Å²) in [7, 11) is 2.11. The monoisotopic (exact) mass is 393 g/mol. The number of carbonyl (C=O) groups excluding carboxylic acids is 1. The largest absolute Gasteiger partial charge is 0.350 e. The summed E-state index contributed by atoms with van der Waals surface area (Å²) >= 11 is 1.51. The summed E-state index contributed by atoms with van der Waals surface area (Å²) in [6.07, 6.45) is 6.64.